The minimum Gasteiger partial charge on any atom is -0.496 e. The Morgan fingerprint density at radius 3 is 2.45 bits per heavy atom. The molecule has 13 nitrogen and oxygen atoms in total. The largest absolute Gasteiger partial charge is 0.496 e. The summed E-state index contributed by atoms with van der Waals surface area (Å²) in [6, 6.07) is 18.3. The summed E-state index contributed by atoms with van der Waals surface area (Å²) in [4.78, 5) is 53.8. The Labute approximate surface area is 386 Å². The third-order valence-corrected chi connectivity index (χ3v) is 16.4. The number of H-pyrrole nitrogens is 1. The van der Waals surface area contributed by atoms with Gasteiger partial charge in [0.2, 0.25) is 0 Å². The van der Waals surface area contributed by atoms with E-state index in [4.69, 9.17) is 23.7 Å². The maximum atomic E-state index is 15.5. The second-order valence-corrected chi connectivity index (χ2v) is 19.4. The molecule has 10 rings (SSSR count). The van der Waals surface area contributed by atoms with Crippen LogP contribution in [0.5, 0.6) is 11.5 Å². The first-order chi connectivity index (χ1) is 31.8. The molecular formula is C53H62N4O9. The Morgan fingerprint density at radius 2 is 1.71 bits per heavy atom. The van der Waals surface area contributed by atoms with E-state index in [-0.39, 0.29) is 23.5 Å². The van der Waals surface area contributed by atoms with Gasteiger partial charge in [0.25, 0.3) is 0 Å². The highest BCUT2D eigenvalue weighted by Crippen LogP contribution is 2.68. The maximum Gasteiger partial charge on any atom is 0.342 e. The van der Waals surface area contributed by atoms with Crippen molar-refractivity contribution < 1.29 is 43.2 Å². The zero-order valence-electron chi connectivity index (χ0n) is 39.1. The number of carbonyl (C=O) groups excluding carboxylic acids is 3. The van der Waals surface area contributed by atoms with Crippen LogP contribution in [-0.4, -0.2) is 129 Å². The van der Waals surface area contributed by atoms with Crippen molar-refractivity contribution in [2.24, 2.45) is 11.3 Å². The SMILES string of the molecule is CCC1=C[C@@H]2CN(CCc3c([nH]c4ccccc34)[C@@](C(=O)OC)(c3cc4c(cc3OC)N(C)[C@H]3[C@@](O)(COC(=O)c5ccccc5OC)[C@H](OC(C)=O)[C@]5(CC)C=CCN6CC[C@]43[C@@H]65)C2)C1. The molecule has 66 heavy (non-hydrogen) atoms. The fraction of sp³-hybridized carbons (Fsp3) is 0.491. The van der Waals surface area contributed by atoms with Gasteiger partial charge in [-0.1, -0.05) is 68.0 Å². The van der Waals surface area contributed by atoms with Crippen LogP contribution in [-0.2, 0) is 41.1 Å². The lowest BCUT2D eigenvalue weighted by Gasteiger charge is -2.64. The molecule has 1 unspecified atom stereocenters. The number of aromatic nitrogens is 1. The number of nitrogens with one attached hydrogen (secondary N) is 1. The highest BCUT2D eigenvalue weighted by atomic mass is 16.6. The van der Waals surface area contributed by atoms with Crippen molar-refractivity contribution in [1.82, 2.24) is 14.8 Å². The molecule has 1 saturated heterocycles. The maximum absolute atomic E-state index is 15.5. The first-order valence-electron chi connectivity index (χ1n) is 23.5. The van der Waals surface area contributed by atoms with E-state index in [1.54, 1.807) is 31.4 Å². The molecule has 1 aliphatic carbocycles. The summed E-state index contributed by atoms with van der Waals surface area (Å²) in [6.07, 6.45) is 8.73. The van der Waals surface area contributed by atoms with Crippen molar-refractivity contribution in [1.29, 1.82) is 0 Å². The van der Waals surface area contributed by atoms with Gasteiger partial charge in [0.1, 0.15) is 35.2 Å². The predicted molar refractivity (Wildman–Crippen MR) is 250 cm³/mol. The molecule has 0 amide bonds. The van der Waals surface area contributed by atoms with Crippen LogP contribution in [0.2, 0.25) is 0 Å². The lowest BCUT2D eigenvalue weighted by atomic mass is 9.47. The van der Waals surface area contributed by atoms with Crippen LogP contribution in [0.4, 0.5) is 5.69 Å². The molecule has 9 atom stereocenters. The number of nitrogens with zero attached hydrogens (tertiary/aromatic N) is 3. The number of anilines is 1. The summed E-state index contributed by atoms with van der Waals surface area (Å²) in [5, 5.41) is 15.0. The number of rotatable bonds is 10. The summed E-state index contributed by atoms with van der Waals surface area (Å²) in [7, 11) is 6.56. The van der Waals surface area contributed by atoms with E-state index in [1.807, 2.05) is 19.2 Å². The standard InChI is InChI=1S/C53H62N4O9/c1-8-33-25-34-28-52(49(60)64-7,44-36(19-23-56(29-33)30-34)35-15-10-12-17-40(35)54-44)39-26-38-41(27-43(39)63-6)55(4)47-51(38)21-24-57-22-14-20-50(9-2,46(51)57)48(66-32(3)58)53(47,61)31-65-45(59)37-16-11-13-18-42(37)62-5/h10-18,20,25-27,34,46-48,54,61H,8-9,19,21-24,28-31H2,1-7H3/t34-,46-,47+,48+,50+,51+,52-,53-/m0/s1. The van der Waals surface area contributed by atoms with Crippen LogP contribution in [0, 0.1) is 11.3 Å². The van der Waals surface area contributed by atoms with Gasteiger partial charge in [0.15, 0.2) is 5.60 Å². The van der Waals surface area contributed by atoms with Gasteiger partial charge in [0.05, 0.1) is 27.4 Å². The van der Waals surface area contributed by atoms with E-state index in [0.717, 1.165) is 65.9 Å². The third-order valence-electron chi connectivity index (χ3n) is 16.4. The summed E-state index contributed by atoms with van der Waals surface area (Å²) >= 11 is 0. The lowest BCUT2D eigenvalue weighted by Crippen LogP contribution is -2.80. The highest BCUT2D eigenvalue weighted by molar-refractivity contribution is 5.95. The summed E-state index contributed by atoms with van der Waals surface area (Å²) in [5.74, 6) is -0.731. The molecule has 1 saturated carbocycles. The van der Waals surface area contributed by atoms with Gasteiger partial charge < -0.3 is 38.7 Å². The van der Waals surface area contributed by atoms with Crippen molar-refractivity contribution in [2.75, 3.05) is 72.6 Å². The lowest BCUT2D eigenvalue weighted by molar-refractivity contribution is -0.228. The van der Waals surface area contributed by atoms with Crippen LogP contribution in [0.25, 0.3) is 10.9 Å². The molecule has 348 valence electrons. The number of hydrogen-bond donors (Lipinski definition) is 2. The van der Waals surface area contributed by atoms with Crippen LogP contribution in [0.15, 0.2) is 84.5 Å². The van der Waals surface area contributed by atoms with Gasteiger partial charge in [0, 0.05) is 90.9 Å². The third kappa shape index (κ3) is 6.18. The smallest absolute Gasteiger partial charge is 0.342 e. The van der Waals surface area contributed by atoms with E-state index < -0.39 is 52.5 Å². The number of hydrogen-bond acceptors (Lipinski definition) is 12. The summed E-state index contributed by atoms with van der Waals surface area (Å²) in [6.45, 7) is 9.06. The number of methoxy groups -OCH3 is 3. The van der Waals surface area contributed by atoms with Gasteiger partial charge in [-0.05, 0) is 80.0 Å². The average Bonchev–Trinajstić information content (AvgIpc) is 4.00. The fourth-order valence-electron chi connectivity index (χ4n) is 14.0. The topological polar surface area (TPSA) is 143 Å². The fourth-order valence-corrected chi connectivity index (χ4v) is 14.0. The molecule has 4 aromatic rings. The highest BCUT2D eigenvalue weighted by Gasteiger charge is 2.78. The number of para-hydroxylation sites is 2. The summed E-state index contributed by atoms with van der Waals surface area (Å²) in [5.41, 5.74) is 1.82. The van der Waals surface area contributed by atoms with Crippen LogP contribution >= 0.6 is 0 Å². The molecule has 5 aliphatic heterocycles. The van der Waals surface area contributed by atoms with E-state index >= 15 is 4.79 Å². The van der Waals surface area contributed by atoms with E-state index in [1.165, 1.54) is 26.7 Å². The predicted octanol–water partition coefficient (Wildman–Crippen LogP) is 6.49. The average molecular weight is 899 g/mol. The molecule has 0 radical (unpaired) electrons. The van der Waals surface area contributed by atoms with Gasteiger partial charge in [-0.2, -0.15) is 0 Å². The van der Waals surface area contributed by atoms with Gasteiger partial charge in [-0.25, -0.2) is 4.79 Å². The Hall–Kier alpha value is -5.63. The van der Waals surface area contributed by atoms with E-state index in [0.29, 0.717) is 49.4 Å². The van der Waals surface area contributed by atoms with Crippen LogP contribution < -0.4 is 14.4 Å². The minimum absolute atomic E-state index is 0.0112. The Kier molecular flexibility index (Phi) is 10.9. The minimum atomic E-state index is -1.95. The Balaban J connectivity index is 1.23. The number of benzene rings is 3. The molecule has 2 bridgehead atoms. The number of likely N-dealkylation sites (N-methyl/N-ethyl adjacent to an activating group) is 1. The quantitative estimate of drug-likeness (QED) is 0.102. The number of carbonyl (C=O) groups is 3. The number of aliphatic hydroxyl groups is 1. The van der Waals surface area contributed by atoms with Gasteiger partial charge in [-0.3, -0.25) is 19.4 Å². The Bertz CT molecular complexity index is 2670. The molecule has 1 spiro atoms. The number of fused-ring (bicyclic) bond motifs is 6. The zero-order valence-corrected chi connectivity index (χ0v) is 39.1. The van der Waals surface area contributed by atoms with Crippen molar-refractivity contribution in [3.8, 4) is 11.5 Å². The van der Waals surface area contributed by atoms with Gasteiger partial charge >= 0.3 is 17.9 Å². The Morgan fingerprint density at radius 1 is 0.939 bits per heavy atom. The van der Waals surface area contributed by atoms with Crippen molar-refractivity contribution in [3.05, 3.63) is 112 Å². The number of aromatic amines is 1. The molecule has 2 N–H and O–H groups in total. The van der Waals surface area contributed by atoms with Crippen molar-refractivity contribution in [3.63, 3.8) is 0 Å². The first-order valence-corrected chi connectivity index (χ1v) is 23.5. The molecule has 6 heterocycles. The van der Waals surface area contributed by atoms with Crippen molar-refractivity contribution >= 4 is 34.5 Å². The second-order valence-electron chi connectivity index (χ2n) is 19.4. The van der Waals surface area contributed by atoms with E-state index in [2.05, 4.69) is 76.0 Å². The van der Waals surface area contributed by atoms with Crippen molar-refractivity contribution in [2.45, 2.75) is 87.5 Å². The second kappa shape index (κ2) is 16.3. The monoisotopic (exact) mass is 898 g/mol. The van der Waals surface area contributed by atoms with E-state index in [9.17, 15) is 14.7 Å². The molecule has 13 heteroatoms. The summed E-state index contributed by atoms with van der Waals surface area (Å²) < 4.78 is 30.7. The normalized spacial score (nSPS) is 31.8. The molecule has 2 fully saturated rings. The molecule has 1 aromatic heterocycles. The molecular weight excluding hydrogens is 837 g/mol. The number of esters is 3. The first kappa shape index (κ1) is 44.2. The number of ether oxygens (including phenoxy) is 5. The zero-order chi connectivity index (χ0) is 46.3. The molecule has 6 aliphatic rings. The van der Waals surface area contributed by atoms with Crippen LogP contribution in [0.3, 0.4) is 0 Å². The molecule has 3 aromatic carbocycles. The van der Waals surface area contributed by atoms with Crippen LogP contribution in [0.1, 0.15) is 79.2 Å². The van der Waals surface area contributed by atoms with Gasteiger partial charge in [-0.15, -0.1) is 0 Å².